The van der Waals surface area contributed by atoms with Crippen molar-refractivity contribution < 1.29 is 27.7 Å². The molecular weight excluding hydrogens is 293 g/mol. The lowest BCUT2D eigenvalue weighted by atomic mass is 10.2. The predicted molar refractivity (Wildman–Crippen MR) is 84.2 cm³/mol. The average Bonchev–Trinajstić information content (AvgIpc) is 2.35. The van der Waals surface area contributed by atoms with Gasteiger partial charge >= 0.3 is 7.82 Å². The van der Waals surface area contributed by atoms with Gasteiger partial charge in [-0.3, -0.25) is 9.05 Å². The van der Waals surface area contributed by atoms with Gasteiger partial charge in [0.25, 0.3) is 0 Å². The van der Waals surface area contributed by atoms with E-state index in [4.69, 9.17) is 13.8 Å². The second kappa shape index (κ2) is 11.6. The largest absolute Gasteiger partial charge is 0.472 e. The summed E-state index contributed by atoms with van der Waals surface area (Å²) in [7, 11) is 2.06. The number of rotatable bonds is 14. The number of quaternary nitrogens is 1. The van der Waals surface area contributed by atoms with E-state index in [9.17, 15) is 9.46 Å². The van der Waals surface area contributed by atoms with Crippen LogP contribution in [0, 0.1) is 0 Å². The van der Waals surface area contributed by atoms with Gasteiger partial charge in [-0.2, -0.15) is 0 Å². The zero-order chi connectivity index (χ0) is 16.2. The maximum absolute atomic E-state index is 11.6. The topological polar surface area (TPSA) is 65.0 Å². The molecule has 0 aliphatic heterocycles. The maximum Gasteiger partial charge on any atom is 0.472 e. The SMILES string of the molecule is CCCCCCOCCCOP(=O)(O)OCC[N+](C)(C)C. The van der Waals surface area contributed by atoms with Crippen molar-refractivity contribution in [2.24, 2.45) is 0 Å². The Morgan fingerprint density at radius 3 is 2.14 bits per heavy atom. The first-order valence-electron chi connectivity index (χ1n) is 7.77. The highest BCUT2D eigenvalue weighted by molar-refractivity contribution is 7.47. The van der Waals surface area contributed by atoms with Crippen molar-refractivity contribution in [1.29, 1.82) is 0 Å². The summed E-state index contributed by atoms with van der Waals surface area (Å²) < 4.78 is 27.5. The van der Waals surface area contributed by atoms with Crippen LogP contribution >= 0.6 is 7.82 Å². The number of phosphoric acid groups is 1. The number of ether oxygens (including phenoxy) is 1. The molecule has 0 aromatic heterocycles. The summed E-state index contributed by atoms with van der Waals surface area (Å²) in [5.41, 5.74) is 0. The Balaban J connectivity index is 3.47. The summed E-state index contributed by atoms with van der Waals surface area (Å²) in [5.74, 6) is 0. The molecule has 0 spiro atoms. The molecule has 0 radical (unpaired) electrons. The van der Waals surface area contributed by atoms with Crippen molar-refractivity contribution in [3.05, 3.63) is 0 Å². The molecule has 0 aliphatic rings. The van der Waals surface area contributed by atoms with Crippen molar-refractivity contribution in [1.82, 2.24) is 0 Å². The lowest BCUT2D eigenvalue weighted by Crippen LogP contribution is -2.37. The molecule has 0 amide bonds. The van der Waals surface area contributed by atoms with Gasteiger partial charge in [-0.15, -0.1) is 0 Å². The predicted octanol–water partition coefficient (Wildman–Crippen LogP) is 2.81. The number of likely N-dealkylation sites (N-methyl/N-ethyl adjacent to an activating group) is 1. The van der Waals surface area contributed by atoms with Crippen molar-refractivity contribution in [3.63, 3.8) is 0 Å². The highest BCUT2D eigenvalue weighted by atomic mass is 31.2. The van der Waals surface area contributed by atoms with E-state index in [1.807, 2.05) is 21.1 Å². The first kappa shape index (κ1) is 21.0. The van der Waals surface area contributed by atoms with Crippen LogP contribution in [0.4, 0.5) is 0 Å². The van der Waals surface area contributed by atoms with Crippen molar-refractivity contribution in [2.75, 3.05) is 54.1 Å². The van der Waals surface area contributed by atoms with Gasteiger partial charge in [0, 0.05) is 13.2 Å². The molecule has 0 bridgehead atoms. The van der Waals surface area contributed by atoms with Gasteiger partial charge in [0.2, 0.25) is 0 Å². The Kier molecular flexibility index (Phi) is 11.6. The number of hydrogen-bond acceptors (Lipinski definition) is 4. The third kappa shape index (κ3) is 16.2. The Morgan fingerprint density at radius 1 is 0.905 bits per heavy atom. The van der Waals surface area contributed by atoms with Crippen molar-refractivity contribution >= 4 is 7.82 Å². The number of phosphoric ester groups is 1. The minimum atomic E-state index is -3.91. The van der Waals surface area contributed by atoms with Crippen molar-refractivity contribution in [3.8, 4) is 0 Å². The lowest BCUT2D eigenvalue weighted by molar-refractivity contribution is -0.870. The second-order valence-corrected chi connectivity index (χ2v) is 7.63. The van der Waals surface area contributed by atoms with Gasteiger partial charge in [-0.25, -0.2) is 4.57 Å². The van der Waals surface area contributed by atoms with Gasteiger partial charge < -0.3 is 14.1 Å². The molecule has 0 aromatic carbocycles. The molecule has 0 aromatic rings. The number of nitrogens with zero attached hydrogens (tertiary/aromatic N) is 1. The van der Waals surface area contributed by atoms with Gasteiger partial charge in [0.15, 0.2) is 0 Å². The first-order chi connectivity index (χ1) is 9.77. The number of hydrogen-bond donors (Lipinski definition) is 1. The fourth-order valence-corrected chi connectivity index (χ4v) is 2.29. The lowest BCUT2D eigenvalue weighted by Gasteiger charge is -2.24. The van der Waals surface area contributed by atoms with E-state index >= 15 is 0 Å². The minimum Gasteiger partial charge on any atom is -0.381 e. The Hall–Kier alpha value is 0.0300. The highest BCUT2D eigenvalue weighted by Crippen LogP contribution is 2.43. The maximum atomic E-state index is 11.6. The van der Waals surface area contributed by atoms with Crippen LogP contribution in [0.5, 0.6) is 0 Å². The van der Waals surface area contributed by atoms with Crippen LogP contribution in [0.15, 0.2) is 0 Å². The third-order valence-corrected chi connectivity index (χ3v) is 3.86. The quantitative estimate of drug-likeness (QED) is 0.302. The minimum absolute atomic E-state index is 0.174. The molecule has 0 heterocycles. The van der Waals surface area contributed by atoms with Crippen molar-refractivity contribution in [2.45, 2.75) is 39.0 Å². The Labute approximate surface area is 129 Å². The highest BCUT2D eigenvalue weighted by Gasteiger charge is 2.21. The zero-order valence-electron chi connectivity index (χ0n) is 14.0. The summed E-state index contributed by atoms with van der Waals surface area (Å²) in [6.07, 6.45) is 5.32. The molecule has 0 rings (SSSR count). The monoisotopic (exact) mass is 326 g/mol. The molecule has 1 unspecified atom stereocenters. The van der Waals surface area contributed by atoms with Crippen LogP contribution in [-0.4, -0.2) is 63.5 Å². The Bertz CT molecular complexity index is 294. The summed E-state index contributed by atoms with van der Waals surface area (Å²) in [6, 6.07) is 0. The first-order valence-corrected chi connectivity index (χ1v) is 9.26. The molecule has 6 nitrogen and oxygen atoms in total. The molecule has 21 heavy (non-hydrogen) atoms. The van der Waals surface area contributed by atoms with Gasteiger partial charge in [-0.05, 0) is 12.8 Å². The fraction of sp³-hybridized carbons (Fsp3) is 1.00. The fourth-order valence-electron chi connectivity index (χ4n) is 1.54. The van der Waals surface area contributed by atoms with E-state index in [0.29, 0.717) is 24.1 Å². The summed E-state index contributed by atoms with van der Waals surface area (Å²) in [5, 5.41) is 0. The summed E-state index contributed by atoms with van der Waals surface area (Å²) in [4.78, 5) is 9.47. The van der Waals surface area contributed by atoms with E-state index in [1.54, 1.807) is 0 Å². The van der Waals surface area contributed by atoms with Crippen LogP contribution < -0.4 is 0 Å². The van der Waals surface area contributed by atoms with E-state index in [1.165, 1.54) is 19.3 Å². The van der Waals surface area contributed by atoms with Crippen LogP contribution in [0.1, 0.15) is 39.0 Å². The van der Waals surface area contributed by atoms with Gasteiger partial charge in [0.1, 0.15) is 13.2 Å². The number of unbranched alkanes of at least 4 members (excludes halogenated alkanes) is 3. The second-order valence-electron chi connectivity index (χ2n) is 6.18. The Morgan fingerprint density at radius 2 is 1.52 bits per heavy atom. The molecule has 0 fully saturated rings. The van der Waals surface area contributed by atoms with E-state index in [-0.39, 0.29) is 13.2 Å². The van der Waals surface area contributed by atoms with E-state index in [0.717, 1.165) is 13.0 Å². The molecule has 128 valence electrons. The molecule has 0 aliphatic carbocycles. The third-order valence-electron chi connectivity index (χ3n) is 2.85. The van der Waals surface area contributed by atoms with Gasteiger partial charge in [-0.1, -0.05) is 26.2 Å². The molecule has 1 N–H and O–H groups in total. The van der Waals surface area contributed by atoms with Crippen LogP contribution in [0.25, 0.3) is 0 Å². The molecular formula is C14H33NO5P+. The smallest absolute Gasteiger partial charge is 0.381 e. The summed E-state index contributed by atoms with van der Waals surface area (Å²) in [6.45, 7) is 4.49. The van der Waals surface area contributed by atoms with Crippen LogP contribution in [-0.2, 0) is 18.3 Å². The molecule has 0 saturated heterocycles. The van der Waals surface area contributed by atoms with E-state index < -0.39 is 7.82 Å². The van der Waals surface area contributed by atoms with E-state index in [2.05, 4.69) is 6.92 Å². The average molecular weight is 326 g/mol. The molecule has 7 heteroatoms. The summed E-state index contributed by atoms with van der Waals surface area (Å²) >= 11 is 0. The molecule has 0 saturated carbocycles. The zero-order valence-corrected chi connectivity index (χ0v) is 14.9. The standard InChI is InChI=1S/C14H32NO5P/c1-5-6-7-8-11-18-12-9-13-19-21(16,17)20-14-10-15(2,3)4/h5-14H2,1-4H3/p+1. The van der Waals surface area contributed by atoms with Gasteiger partial charge in [0.05, 0.1) is 27.7 Å². The van der Waals surface area contributed by atoms with Crippen LogP contribution in [0.3, 0.4) is 0 Å². The normalized spacial score (nSPS) is 15.1. The molecule has 1 atom stereocenters. The van der Waals surface area contributed by atoms with Crippen LogP contribution in [0.2, 0.25) is 0 Å².